The number of allylic oxidation sites excluding steroid dienone is 2. The summed E-state index contributed by atoms with van der Waals surface area (Å²) in [4.78, 5) is 17.0. The van der Waals surface area contributed by atoms with Crippen LogP contribution in [0.5, 0.6) is 0 Å². The molecule has 1 aliphatic carbocycles. The van der Waals surface area contributed by atoms with Gasteiger partial charge in [0.25, 0.3) is 5.91 Å². The molecule has 1 atom stereocenters. The van der Waals surface area contributed by atoms with Crippen molar-refractivity contribution in [3.05, 3.63) is 47.7 Å². The first-order valence-corrected chi connectivity index (χ1v) is 11.3. The van der Waals surface area contributed by atoms with Crippen molar-refractivity contribution in [3.8, 4) is 0 Å². The maximum absolute atomic E-state index is 12.4. The Morgan fingerprint density at radius 3 is 2.82 bits per heavy atom. The van der Waals surface area contributed by atoms with Gasteiger partial charge >= 0.3 is 0 Å². The molecule has 1 unspecified atom stereocenters. The maximum atomic E-state index is 12.4. The third-order valence-electron chi connectivity index (χ3n) is 5.24. The van der Waals surface area contributed by atoms with Crippen molar-refractivity contribution in [3.63, 3.8) is 0 Å². The second-order valence-electron chi connectivity index (χ2n) is 8.16. The fourth-order valence-electron chi connectivity index (χ4n) is 3.47. The number of para-hydroxylation sites is 1. The molecule has 2 N–H and O–H groups in total. The Hall–Kier alpha value is -2.05. The third kappa shape index (κ3) is 5.26. The zero-order valence-corrected chi connectivity index (χ0v) is 17.7. The highest BCUT2D eigenvalue weighted by atomic mass is 32.2. The van der Waals surface area contributed by atoms with E-state index in [0.717, 1.165) is 30.2 Å². The monoisotopic (exact) mass is 399 g/mol. The molecular formula is C22H29N3O2S. The first-order chi connectivity index (χ1) is 13.4. The number of hydrogen-bond donors (Lipinski definition) is 2. The number of fused-ring (bicyclic) bond motifs is 1. The molecule has 0 bridgehead atoms. The number of carbonyl (C=O) groups is 1. The highest BCUT2D eigenvalue weighted by Gasteiger charge is 2.23. The number of benzene rings is 1. The van der Waals surface area contributed by atoms with E-state index in [0.29, 0.717) is 24.1 Å². The Bertz CT molecular complexity index is 921. The summed E-state index contributed by atoms with van der Waals surface area (Å²) in [5.41, 5.74) is 4.43. The zero-order valence-electron chi connectivity index (χ0n) is 16.9. The highest BCUT2D eigenvalue weighted by Crippen LogP contribution is 2.39. The van der Waals surface area contributed by atoms with Crippen LogP contribution in [0.15, 0.2) is 36.5 Å². The number of carbonyl (C=O) groups excluding carboxylic acids is 1. The third-order valence-corrected chi connectivity index (χ3v) is 5.85. The zero-order chi connectivity index (χ0) is 20.1. The summed E-state index contributed by atoms with van der Waals surface area (Å²) in [7, 11) is -1.02. The molecule has 6 heteroatoms. The van der Waals surface area contributed by atoms with E-state index in [2.05, 4.69) is 41.0 Å². The predicted octanol–water partition coefficient (Wildman–Crippen LogP) is 3.83. The molecule has 0 aliphatic heterocycles. The number of amides is 1. The lowest BCUT2D eigenvalue weighted by Crippen LogP contribution is -2.27. The minimum atomic E-state index is -1.02. The molecule has 150 valence electrons. The van der Waals surface area contributed by atoms with Gasteiger partial charge in [-0.05, 0) is 42.7 Å². The molecule has 0 saturated heterocycles. The minimum Gasteiger partial charge on any atom is -0.352 e. The molecule has 0 fully saturated rings. The average molecular weight is 400 g/mol. The molecule has 0 spiro atoms. The molecule has 1 aliphatic rings. The molecule has 1 aromatic heterocycles. The SMILES string of the molecule is CS(=O)NCCCNC(=O)c1cnc2c(C3=CCC(C)(C)CC3)cccc2c1. The van der Waals surface area contributed by atoms with Gasteiger partial charge in [0.05, 0.1) is 22.1 Å². The average Bonchev–Trinajstić information content (AvgIpc) is 2.66. The van der Waals surface area contributed by atoms with Gasteiger partial charge in [-0.3, -0.25) is 9.78 Å². The minimum absolute atomic E-state index is 0.129. The van der Waals surface area contributed by atoms with Crippen molar-refractivity contribution < 1.29 is 9.00 Å². The summed E-state index contributed by atoms with van der Waals surface area (Å²) in [5, 5.41) is 3.88. The van der Waals surface area contributed by atoms with Crippen LogP contribution in [0.1, 0.15) is 55.5 Å². The van der Waals surface area contributed by atoms with Crippen LogP contribution in [-0.2, 0) is 11.0 Å². The van der Waals surface area contributed by atoms with Crippen molar-refractivity contribution in [1.82, 2.24) is 15.0 Å². The number of pyridine rings is 1. The van der Waals surface area contributed by atoms with Crippen LogP contribution in [0, 0.1) is 5.41 Å². The second-order valence-corrected chi connectivity index (χ2v) is 9.35. The van der Waals surface area contributed by atoms with Crippen LogP contribution >= 0.6 is 0 Å². The largest absolute Gasteiger partial charge is 0.352 e. The quantitative estimate of drug-likeness (QED) is 0.695. The van der Waals surface area contributed by atoms with Crippen LogP contribution in [-0.4, -0.2) is 34.4 Å². The lowest BCUT2D eigenvalue weighted by atomic mass is 9.77. The molecule has 3 rings (SSSR count). The fraction of sp³-hybridized carbons (Fsp3) is 0.455. The van der Waals surface area contributed by atoms with Crippen LogP contribution in [0.2, 0.25) is 0 Å². The van der Waals surface area contributed by atoms with Crippen molar-refractivity contribution in [1.29, 1.82) is 0 Å². The molecular weight excluding hydrogens is 370 g/mol. The first-order valence-electron chi connectivity index (χ1n) is 9.79. The van der Waals surface area contributed by atoms with E-state index < -0.39 is 11.0 Å². The van der Waals surface area contributed by atoms with Crippen molar-refractivity contribution >= 4 is 33.4 Å². The summed E-state index contributed by atoms with van der Waals surface area (Å²) < 4.78 is 13.8. The molecule has 2 aromatic rings. The van der Waals surface area contributed by atoms with Crippen molar-refractivity contribution in [2.75, 3.05) is 19.3 Å². The Morgan fingerprint density at radius 2 is 2.11 bits per heavy atom. The van der Waals surface area contributed by atoms with E-state index in [4.69, 9.17) is 0 Å². The lowest BCUT2D eigenvalue weighted by Gasteiger charge is -2.29. The van der Waals surface area contributed by atoms with E-state index in [1.807, 2.05) is 18.2 Å². The second kappa shape index (κ2) is 8.97. The summed E-state index contributed by atoms with van der Waals surface area (Å²) >= 11 is 0. The van der Waals surface area contributed by atoms with E-state index >= 15 is 0 Å². The molecule has 1 heterocycles. The van der Waals surface area contributed by atoms with Crippen LogP contribution < -0.4 is 10.0 Å². The topological polar surface area (TPSA) is 71.1 Å². The van der Waals surface area contributed by atoms with Gasteiger partial charge in [-0.25, -0.2) is 8.93 Å². The van der Waals surface area contributed by atoms with Crippen LogP contribution in [0.25, 0.3) is 16.5 Å². The van der Waals surface area contributed by atoms with Gasteiger partial charge in [0.15, 0.2) is 0 Å². The van der Waals surface area contributed by atoms with Crippen LogP contribution in [0.3, 0.4) is 0 Å². The molecule has 1 amide bonds. The Balaban J connectivity index is 1.72. The molecule has 28 heavy (non-hydrogen) atoms. The fourth-order valence-corrected chi connectivity index (χ4v) is 3.91. The molecule has 5 nitrogen and oxygen atoms in total. The van der Waals surface area contributed by atoms with Gasteiger partial charge in [0.2, 0.25) is 0 Å². The summed E-state index contributed by atoms with van der Waals surface area (Å²) in [6.45, 7) is 5.76. The standard InChI is InChI=1S/C22H29N3O2S/c1-22(2)10-8-16(9-11-22)19-7-4-6-17-14-18(15-24-20(17)19)21(26)23-12-5-13-25-28(3)27/h4,6-8,14-15,25H,5,9-13H2,1-3H3,(H,23,26). The van der Waals surface area contributed by atoms with Gasteiger partial charge in [-0.15, -0.1) is 0 Å². The normalized spacial score (nSPS) is 17.2. The Kier molecular flexibility index (Phi) is 6.62. The van der Waals surface area contributed by atoms with Crippen LogP contribution in [0.4, 0.5) is 0 Å². The number of nitrogens with zero attached hydrogens (tertiary/aromatic N) is 1. The Morgan fingerprint density at radius 1 is 1.29 bits per heavy atom. The van der Waals surface area contributed by atoms with E-state index in [1.165, 1.54) is 17.6 Å². The van der Waals surface area contributed by atoms with Crippen molar-refractivity contribution in [2.45, 2.75) is 39.5 Å². The Labute approximate surface area is 169 Å². The smallest absolute Gasteiger partial charge is 0.252 e. The van der Waals surface area contributed by atoms with Gasteiger partial charge in [-0.1, -0.05) is 38.1 Å². The summed E-state index contributed by atoms with van der Waals surface area (Å²) in [6.07, 6.45) is 9.65. The highest BCUT2D eigenvalue weighted by molar-refractivity contribution is 7.82. The molecule has 0 radical (unpaired) electrons. The predicted molar refractivity (Wildman–Crippen MR) is 116 cm³/mol. The van der Waals surface area contributed by atoms with E-state index in [-0.39, 0.29) is 5.91 Å². The van der Waals surface area contributed by atoms with Gasteiger partial charge in [0, 0.05) is 36.5 Å². The van der Waals surface area contributed by atoms with Gasteiger partial charge < -0.3 is 5.32 Å². The lowest BCUT2D eigenvalue weighted by molar-refractivity contribution is 0.0953. The number of rotatable bonds is 7. The molecule has 0 saturated carbocycles. The maximum Gasteiger partial charge on any atom is 0.252 e. The summed E-state index contributed by atoms with van der Waals surface area (Å²) in [6, 6.07) is 8.09. The van der Waals surface area contributed by atoms with E-state index in [9.17, 15) is 9.00 Å². The molecule has 1 aromatic carbocycles. The number of aromatic nitrogens is 1. The first kappa shape index (κ1) is 20.7. The summed E-state index contributed by atoms with van der Waals surface area (Å²) in [5.74, 6) is -0.129. The van der Waals surface area contributed by atoms with Gasteiger partial charge in [-0.2, -0.15) is 0 Å². The van der Waals surface area contributed by atoms with Crippen molar-refractivity contribution in [2.24, 2.45) is 5.41 Å². The number of nitrogens with one attached hydrogen (secondary N) is 2. The van der Waals surface area contributed by atoms with E-state index in [1.54, 1.807) is 12.5 Å². The van der Waals surface area contributed by atoms with Gasteiger partial charge in [0.1, 0.15) is 0 Å². The number of hydrogen-bond acceptors (Lipinski definition) is 3.